The topological polar surface area (TPSA) is 35.8 Å². The Morgan fingerprint density at radius 1 is 1.33 bits per heavy atom. The lowest BCUT2D eigenvalue weighted by molar-refractivity contribution is 0.843. The van der Waals surface area contributed by atoms with E-state index in [1.54, 1.807) is 11.8 Å². The van der Waals surface area contributed by atoms with Gasteiger partial charge in [-0.05, 0) is 42.7 Å². The van der Waals surface area contributed by atoms with Gasteiger partial charge in [-0.2, -0.15) is 17.0 Å². The third kappa shape index (κ3) is 4.83. The molecule has 2 nitrogen and oxygen atoms in total. The van der Waals surface area contributed by atoms with E-state index in [1.807, 2.05) is 30.0 Å². The normalized spacial score (nSPS) is 10.1. The van der Waals surface area contributed by atoms with E-state index >= 15 is 0 Å². The van der Waals surface area contributed by atoms with Gasteiger partial charge in [0.1, 0.15) is 6.07 Å². The molecule has 0 radical (unpaired) electrons. The average molecular weight is 280 g/mol. The predicted molar refractivity (Wildman–Crippen MR) is 83.7 cm³/mol. The van der Waals surface area contributed by atoms with Gasteiger partial charge < -0.3 is 5.32 Å². The Morgan fingerprint density at radius 2 is 2.17 bits per heavy atom. The van der Waals surface area contributed by atoms with Crippen molar-refractivity contribution < 1.29 is 0 Å². The highest BCUT2D eigenvalue weighted by atomic mass is 32.2. The molecule has 0 spiro atoms. The lowest BCUT2D eigenvalue weighted by atomic mass is 10.2. The number of unbranched alkanes of at least 4 members (excludes halogenated alkanes) is 1. The van der Waals surface area contributed by atoms with Crippen molar-refractivity contribution in [3.8, 4) is 6.07 Å². The first kappa shape index (κ1) is 15.3. The Bertz CT molecular complexity index is 399. The first-order chi connectivity index (χ1) is 8.83. The summed E-state index contributed by atoms with van der Waals surface area (Å²) in [5, 5.41) is 12.6. The van der Waals surface area contributed by atoms with E-state index in [4.69, 9.17) is 0 Å². The summed E-state index contributed by atoms with van der Waals surface area (Å²) in [6.45, 7) is 3.05. The van der Waals surface area contributed by atoms with Crippen LogP contribution in [0.25, 0.3) is 0 Å². The maximum absolute atomic E-state index is 9.26. The van der Waals surface area contributed by atoms with Crippen LogP contribution in [0.3, 0.4) is 0 Å². The lowest BCUT2D eigenvalue weighted by Crippen LogP contribution is -2.04. The van der Waals surface area contributed by atoms with Crippen molar-refractivity contribution >= 4 is 29.2 Å². The minimum absolute atomic E-state index is 0.786. The number of nitrogens with one attached hydrogen (secondary N) is 1. The van der Waals surface area contributed by atoms with Crippen LogP contribution in [0.5, 0.6) is 0 Å². The van der Waals surface area contributed by atoms with Crippen molar-refractivity contribution in [2.45, 2.75) is 24.7 Å². The minimum Gasteiger partial charge on any atom is -0.384 e. The smallest absolute Gasteiger partial charge is 0.102 e. The number of benzene rings is 1. The van der Waals surface area contributed by atoms with E-state index in [1.165, 1.54) is 12.2 Å². The Morgan fingerprint density at radius 3 is 2.83 bits per heavy atom. The molecule has 0 fully saturated rings. The zero-order valence-corrected chi connectivity index (χ0v) is 12.7. The third-order valence-corrected chi connectivity index (χ3v) is 4.17. The number of nitriles is 1. The monoisotopic (exact) mass is 280 g/mol. The van der Waals surface area contributed by atoms with Gasteiger partial charge >= 0.3 is 0 Å². The van der Waals surface area contributed by atoms with E-state index in [0.717, 1.165) is 34.9 Å². The van der Waals surface area contributed by atoms with Crippen LogP contribution in [-0.4, -0.2) is 24.3 Å². The first-order valence-corrected chi connectivity index (χ1v) is 8.60. The Kier molecular flexibility index (Phi) is 7.79. The van der Waals surface area contributed by atoms with Crippen LogP contribution in [0.15, 0.2) is 23.1 Å². The van der Waals surface area contributed by atoms with Gasteiger partial charge in [-0.1, -0.05) is 13.0 Å². The van der Waals surface area contributed by atoms with Gasteiger partial charge in [-0.15, -0.1) is 11.8 Å². The van der Waals surface area contributed by atoms with Crippen LogP contribution >= 0.6 is 23.5 Å². The van der Waals surface area contributed by atoms with Gasteiger partial charge in [0.25, 0.3) is 0 Å². The SMILES string of the molecule is CCSc1cccc(NCCCCSC)c1C#N. The fraction of sp³-hybridized carbons (Fsp3) is 0.500. The summed E-state index contributed by atoms with van der Waals surface area (Å²) in [5.41, 5.74) is 1.76. The molecule has 0 bridgehead atoms. The first-order valence-electron chi connectivity index (χ1n) is 6.22. The number of rotatable bonds is 8. The summed E-state index contributed by atoms with van der Waals surface area (Å²) >= 11 is 3.60. The van der Waals surface area contributed by atoms with Gasteiger partial charge in [-0.3, -0.25) is 0 Å². The number of thioether (sulfide) groups is 2. The van der Waals surface area contributed by atoms with Crippen LogP contribution in [-0.2, 0) is 0 Å². The van der Waals surface area contributed by atoms with E-state index < -0.39 is 0 Å². The van der Waals surface area contributed by atoms with Gasteiger partial charge in [0.05, 0.1) is 11.3 Å². The summed E-state index contributed by atoms with van der Waals surface area (Å²) < 4.78 is 0. The second-order valence-electron chi connectivity index (χ2n) is 3.85. The van der Waals surface area contributed by atoms with E-state index in [-0.39, 0.29) is 0 Å². The quantitative estimate of drug-likeness (QED) is 0.571. The fourth-order valence-electron chi connectivity index (χ4n) is 1.66. The molecule has 1 aromatic carbocycles. The maximum atomic E-state index is 9.26. The summed E-state index contributed by atoms with van der Waals surface area (Å²) in [5.74, 6) is 2.20. The van der Waals surface area contributed by atoms with Crippen molar-refractivity contribution in [3.63, 3.8) is 0 Å². The molecule has 1 aromatic rings. The van der Waals surface area contributed by atoms with Crippen LogP contribution in [0.2, 0.25) is 0 Å². The minimum atomic E-state index is 0.786. The Labute approximate surface area is 119 Å². The summed E-state index contributed by atoms with van der Waals surface area (Å²) in [6.07, 6.45) is 4.50. The molecule has 0 unspecified atom stereocenters. The molecule has 1 N–H and O–H groups in total. The van der Waals surface area contributed by atoms with Crippen molar-refractivity contribution in [2.24, 2.45) is 0 Å². The molecule has 4 heteroatoms. The number of nitrogens with zero attached hydrogens (tertiary/aromatic N) is 1. The zero-order valence-electron chi connectivity index (χ0n) is 11.0. The average Bonchev–Trinajstić information content (AvgIpc) is 2.39. The number of hydrogen-bond acceptors (Lipinski definition) is 4. The van der Waals surface area contributed by atoms with Gasteiger partial charge in [0.15, 0.2) is 0 Å². The van der Waals surface area contributed by atoms with E-state index in [9.17, 15) is 5.26 Å². The number of anilines is 1. The lowest BCUT2D eigenvalue weighted by Gasteiger charge is -2.10. The van der Waals surface area contributed by atoms with Gasteiger partial charge in [0.2, 0.25) is 0 Å². The summed E-state index contributed by atoms with van der Waals surface area (Å²) in [6, 6.07) is 8.34. The highest BCUT2D eigenvalue weighted by molar-refractivity contribution is 7.99. The van der Waals surface area contributed by atoms with Crippen molar-refractivity contribution in [1.82, 2.24) is 0 Å². The largest absolute Gasteiger partial charge is 0.384 e. The molecular weight excluding hydrogens is 260 g/mol. The number of hydrogen-bond donors (Lipinski definition) is 1. The molecule has 0 aromatic heterocycles. The third-order valence-electron chi connectivity index (χ3n) is 2.53. The summed E-state index contributed by atoms with van der Waals surface area (Å²) in [7, 11) is 0. The van der Waals surface area contributed by atoms with Crippen molar-refractivity contribution in [1.29, 1.82) is 5.26 Å². The standard InChI is InChI=1S/C14H20N2S2/c1-3-18-14-8-6-7-13(12(14)11-15)16-9-4-5-10-17-2/h6-8,16H,3-5,9-10H2,1-2H3. The second kappa shape index (κ2) is 9.18. The van der Waals surface area contributed by atoms with Crippen LogP contribution in [0.4, 0.5) is 5.69 Å². The molecule has 0 saturated heterocycles. The molecule has 1 rings (SSSR count). The van der Waals surface area contributed by atoms with Crippen LogP contribution < -0.4 is 5.32 Å². The fourth-order valence-corrected chi connectivity index (χ4v) is 2.94. The molecule has 0 saturated carbocycles. The van der Waals surface area contributed by atoms with E-state index in [0.29, 0.717) is 0 Å². The summed E-state index contributed by atoms with van der Waals surface area (Å²) in [4.78, 5) is 1.08. The van der Waals surface area contributed by atoms with Crippen molar-refractivity contribution in [2.75, 3.05) is 29.6 Å². The zero-order chi connectivity index (χ0) is 13.2. The molecule has 0 aliphatic heterocycles. The van der Waals surface area contributed by atoms with Crippen LogP contribution in [0.1, 0.15) is 25.3 Å². The molecule has 0 aliphatic rings. The maximum Gasteiger partial charge on any atom is 0.102 e. The Hall–Kier alpha value is -0.790. The van der Waals surface area contributed by atoms with Gasteiger partial charge in [-0.25, -0.2) is 0 Å². The molecule has 98 valence electrons. The van der Waals surface area contributed by atoms with E-state index in [2.05, 4.69) is 24.6 Å². The van der Waals surface area contributed by atoms with Crippen LogP contribution in [0, 0.1) is 11.3 Å². The highest BCUT2D eigenvalue weighted by Gasteiger charge is 2.07. The predicted octanol–water partition coefficient (Wildman–Crippen LogP) is 4.23. The second-order valence-corrected chi connectivity index (χ2v) is 6.14. The molecule has 18 heavy (non-hydrogen) atoms. The van der Waals surface area contributed by atoms with Gasteiger partial charge in [0, 0.05) is 11.4 Å². The molecular formula is C14H20N2S2. The molecule has 0 aliphatic carbocycles. The molecule has 0 heterocycles. The highest BCUT2D eigenvalue weighted by Crippen LogP contribution is 2.27. The molecule has 0 atom stereocenters. The van der Waals surface area contributed by atoms with Crippen molar-refractivity contribution in [3.05, 3.63) is 23.8 Å². The Balaban J connectivity index is 2.59. The molecule has 0 amide bonds.